The fourth-order valence-corrected chi connectivity index (χ4v) is 11.3. The summed E-state index contributed by atoms with van der Waals surface area (Å²) in [4.78, 5) is 0. The van der Waals surface area contributed by atoms with Crippen molar-refractivity contribution >= 4 is 187 Å². The predicted molar refractivity (Wildman–Crippen MR) is 176 cm³/mol. The largest absolute Gasteiger partial charge is 0.134 e. The van der Waals surface area contributed by atoms with Crippen LogP contribution in [0.1, 0.15) is 77.0 Å². The van der Waals surface area contributed by atoms with Crippen molar-refractivity contribution in [3.05, 3.63) is 0 Å². The lowest BCUT2D eigenvalue weighted by Crippen LogP contribution is -2.51. The van der Waals surface area contributed by atoms with E-state index in [0.717, 1.165) is 32.1 Å². The van der Waals surface area contributed by atoms with Gasteiger partial charge in [-0.3, -0.25) is 0 Å². The van der Waals surface area contributed by atoms with E-state index >= 15 is 0 Å². The van der Waals surface area contributed by atoms with Crippen LogP contribution in [0.2, 0.25) is 0 Å². The second kappa shape index (κ2) is 13.6. The third kappa shape index (κ3) is 8.81. The van der Waals surface area contributed by atoms with Gasteiger partial charge in [0.25, 0.3) is 0 Å². The van der Waals surface area contributed by atoms with Crippen LogP contribution < -0.4 is 0 Å². The molecule has 1 unspecified atom stereocenters. The molecule has 12 heteroatoms. The molecule has 2 saturated carbocycles. The topological polar surface area (TPSA) is 0 Å². The first-order valence-electron chi connectivity index (χ1n) is 9.68. The van der Waals surface area contributed by atoms with Crippen molar-refractivity contribution < 1.29 is 0 Å². The molecule has 0 spiro atoms. The predicted octanol–water partition coefficient (Wildman–Crippen LogP) is 13.4. The van der Waals surface area contributed by atoms with Crippen molar-refractivity contribution in [2.75, 3.05) is 0 Å². The molecule has 0 amide bonds. The SMILES string of the molecule is BrC1(Br)CCCCCCCCCC(Br)(Br)C1(Br)Br.ClC1(Br)CCCC(Br)(Br)C1(Br)Br. The summed E-state index contributed by atoms with van der Waals surface area (Å²) >= 11 is 47.2. The summed E-state index contributed by atoms with van der Waals surface area (Å²) in [6.07, 6.45) is 14.3. The first kappa shape index (κ1) is 33.6. The van der Waals surface area contributed by atoms with E-state index in [4.69, 9.17) is 11.6 Å². The minimum Gasteiger partial charge on any atom is -0.104 e. The minimum absolute atomic E-state index is 0.181. The van der Waals surface area contributed by atoms with Crippen LogP contribution in [0.15, 0.2) is 0 Å². The maximum atomic E-state index is 6.31. The average Bonchev–Trinajstić information content (AvgIpc) is 2.58. The molecule has 0 nitrogen and oxygen atoms in total. The summed E-state index contributed by atoms with van der Waals surface area (Å²) in [6, 6.07) is 0. The van der Waals surface area contributed by atoms with E-state index in [1.165, 1.54) is 44.9 Å². The molecule has 30 heavy (non-hydrogen) atoms. The number of hydrogen-bond acceptors (Lipinski definition) is 0. The fraction of sp³-hybridized carbons (Fsp3) is 1.00. The first-order chi connectivity index (χ1) is 13.4. The van der Waals surface area contributed by atoms with Crippen LogP contribution in [-0.2, 0) is 0 Å². The lowest BCUT2D eigenvalue weighted by molar-refractivity contribution is 0.488. The van der Waals surface area contributed by atoms with E-state index in [1.54, 1.807) is 0 Å². The van der Waals surface area contributed by atoms with Gasteiger partial charge in [0, 0.05) is 0 Å². The number of hydrogen-bond donors (Lipinski definition) is 0. The Kier molecular flexibility index (Phi) is 15.2. The Hall–Kier alpha value is 5.57. The molecule has 0 aromatic heterocycles. The van der Waals surface area contributed by atoms with Crippen molar-refractivity contribution in [3.63, 3.8) is 0 Å². The van der Waals surface area contributed by atoms with Crippen molar-refractivity contribution in [3.8, 4) is 0 Å². The zero-order valence-corrected chi connectivity index (χ0v) is 34.2. The van der Waals surface area contributed by atoms with Gasteiger partial charge >= 0.3 is 0 Å². The first-order valence-corrected chi connectivity index (χ1v) is 18.8. The molecule has 0 aromatic carbocycles. The van der Waals surface area contributed by atoms with Crippen molar-refractivity contribution in [1.82, 2.24) is 0 Å². The van der Waals surface area contributed by atoms with Crippen LogP contribution in [0.3, 0.4) is 0 Å². The monoisotopic (exact) mass is 1140 g/mol. The Labute approximate surface area is 279 Å². The minimum atomic E-state index is -0.467. The van der Waals surface area contributed by atoms with Gasteiger partial charge < -0.3 is 0 Å². The summed E-state index contributed by atoms with van der Waals surface area (Å²) in [7, 11) is 0. The number of halogens is 12. The van der Waals surface area contributed by atoms with Crippen molar-refractivity contribution in [2.45, 2.75) is 97.0 Å². The van der Waals surface area contributed by atoms with Crippen LogP contribution in [0.5, 0.6) is 0 Å². The number of rotatable bonds is 0. The van der Waals surface area contributed by atoms with Gasteiger partial charge in [0.05, 0.1) is 0 Å². The molecule has 180 valence electrons. The molecule has 2 aliphatic carbocycles. The summed E-state index contributed by atoms with van der Waals surface area (Å²) in [5, 5.41) is 0. The van der Waals surface area contributed by atoms with Gasteiger partial charge in [-0.05, 0) is 32.1 Å². The molecule has 2 aliphatic rings. The van der Waals surface area contributed by atoms with Crippen molar-refractivity contribution in [2.24, 2.45) is 0 Å². The molecule has 0 bridgehead atoms. The summed E-state index contributed by atoms with van der Waals surface area (Å²) in [6.45, 7) is 0. The normalized spacial score (nSPS) is 33.2. The Morgan fingerprint density at radius 3 is 1.00 bits per heavy atom. The summed E-state index contributed by atoms with van der Waals surface area (Å²) < 4.78 is -1.72. The van der Waals surface area contributed by atoms with Gasteiger partial charge in [0.1, 0.15) is 20.0 Å². The van der Waals surface area contributed by atoms with Gasteiger partial charge in [0.15, 0.2) is 0 Å². The fourth-order valence-electron chi connectivity index (χ4n) is 3.27. The highest BCUT2D eigenvalue weighted by Crippen LogP contribution is 2.65. The van der Waals surface area contributed by atoms with E-state index in [-0.39, 0.29) is 16.2 Å². The van der Waals surface area contributed by atoms with Gasteiger partial charge in [-0.2, -0.15) is 0 Å². The second-order valence-corrected chi connectivity index (χ2v) is 28.5. The molecule has 0 heterocycles. The Bertz CT molecular complexity index is 504. The van der Waals surface area contributed by atoms with E-state index < -0.39 is 3.78 Å². The van der Waals surface area contributed by atoms with Crippen LogP contribution in [0, 0.1) is 0 Å². The highest BCUT2D eigenvalue weighted by molar-refractivity contribution is 9.33. The highest BCUT2D eigenvalue weighted by atomic mass is 79.9. The smallest absolute Gasteiger partial charge is 0.104 e. The molecule has 0 saturated heterocycles. The zero-order chi connectivity index (χ0) is 23.5. The average molecular weight is 1150 g/mol. The van der Waals surface area contributed by atoms with Crippen LogP contribution in [-0.4, -0.2) is 20.0 Å². The molecular formula is C18H24Br11Cl. The standard InChI is InChI=1S/C12H18Br6.C6H6Br5Cl/c13-10(14)8-6-4-2-1-3-5-7-9-11(15,16)12(10,17)18;7-4(8)2-1-3-5(9,12)6(4,10)11/h1-9H2;1-3H2. The van der Waals surface area contributed by atoms with E-state index in [2.05, 4.69) is 175 Å². The van der Waals surface area contributed by atoms with E-state index in [1.807, 2.05) is 0 Å². The lowest BCUT2D eigenvalue weighted by atomic mass is 9.99. The van der Waals surface area contributed by atoms with Crippen molar-refractivity contribution in [1.29, 1.82) is 0 Å². The summed E-state index contributed by atoms with van der Waals surface area (Å²) in [5.74, 6) is 0. The van der Waals surface area contributed by atoms with Crippen LogP contribution in [0.25, 0.3) is 0 Å². The Morgan fingerprint density at radius 2 is 0.667 bits per heavy atom. The molecule has 1 atom stereocenters. The van der Waals surface area contributed by atoms with Gasteiger partial charge in [0.2, 0.25) is 0 Å². The van der Waals surface area contributed by atoms with Crippen LogP contribution in [0.4, 0.5) is 0 Å². The quantitative estimate of drug-likeness (QED) is 0.212. The Balaban J connectivity index is 0.000000325. The third-order valence-electron chi connectivity index (χ3n) is 5.30. The molecule has 0 aliphatic heterocycles. The summed E-state index contributed by atoms with van der Waals surface area (Å²) in [5.41, 5.74) is 0. The molecule has 2 fully saturated rings. The molecular weight excluding hydrogens is 1130 g/mol. The van der Waals surface area contributed by atoms with Gasteiger partial charge in [-0.25, -0.2) is 0 Å². The third-order valence-corrected chi connectivity index (χ3v) is 26.0. The van der Waals surface area contributed by atoms with E-state index in [0.29, 0.717) is 0 Å². The zero-order valence-electron chi connectivity index (χ0n) is 16.0. The van der Waals surface area contributed by atoms with Gasteiger partial charge in [-0.1, -0.05) is 220 Å². The Morgan fingerprint density at radius 1 is 0.367 bits per heavy atom. The maximum absolute atomic E-state index is 6.31. The van der Waals surface area contributed by atoms with E-state index in [9.17, 15) is 0 Å². The molecule has 2 rings (SSSR count). The number of alkyl halides is 12. The molecule has 0 radical (unpaired) electrons. The maximum Gasteiger partial charge on any atom is 0.134 e. The molecule has 0 aromatic rings. The lowest BCUT2D eigenvalue weighted by Gasteiger charge is -2.47. The van der Waals surface area contributed by atoms with Gasteiger partial charge in [-0.15, -0.1) is 11.6 Å². The molecule has 0 N–H and O–H groups in total. The second-order valence-electron chi connectivity index (χ2n) is 7.80. The van der Waals surface area contributed by atoms with Crippen LogP contribution >= 0.6 is 187 Å². The highest BCUT2D eigenvalue weighted by Gasteiger charge is 2.60.